The number of hydrogen-bond acceptors (Lipinski definition) is 4. The second-order valence-electron chi connectivity index (χ2n) is 3.09. The molecule has 0 aliphatic rings. The minimum absolute atomic E-state index is 0.0298. The Hall–Kier alpha value is -2.30. The molecule has 1 aromatic carbocycles. The van der Waals surface area contributed by atoms with Crippen LogP contribution < -0.4 is 15.4 Å². The number of methoxy groups -OCH3 is 1. The molecule has 0 radical (unpaired) electrons. The summed E-state index contributed by atoms with van der Waals surface area (Å²) in [5.74, 6) is 0.0298. The van der Waals surface area contributed by atoms with E-state index in [1.807, 2.05) is 0 Å². The van der Waals surface area contributed by atoms with Gasteiger partial charge in [0, 0.05) is 5.69 Å². The van der Waals surface area contributed by atoms with Crippen LogP contribution in [0.4, 0.5) is 0 Å². The number of ether oxygens (including phenoxy) is 1. The van der Waals surface area contributed by atoms with Gasteiger partial charge in [-0.15, -0.1) is 0 Å². The first-order chi connectivity index (χ1) is 7.72. The molecule has 0 saturated heterocycles. The molecule has 0 aliphatic carbocycles. The molecular formula is C11H9N2O3-. The first-order valence-corrected chi connectivity index (χ1v) is 4.63. The van der Waals surface area contributed by atoms with Crippen molar-refractivity contribution >= 4 is 0 Å². The first kappa shape index (κ1) is 10.2. The van der Waals surface area contributed by atoms with Crippen LogP contribution in [0.5, 0.6) is 11.9 Å². The molecule has 2 aromatic rings. The maximum Gasteiger partial charge on any atom is 0.261 e. The summed E-state index contributed by atoms with van der Waals surface area (Å²) in [7, 11) is 1.36. The average Bonchev–Trinajstić information content (AvgIpc) is 2.29. The molecule has 0 saturated carbocycles. The second-order valence-corrected chi connectivity index (χ2v) is 3.09. The van der Waals surface area contributed by atoms with Crippen molar-refractivity contribution in [1.82, 2.24) is 9.55 Å². The summed E-state index contributed by atoms with van der Waals surface area (Å²) < 4.78 is 5.73. The van der Waals surface area contributed by atoms with E-state index in [0.717, 1.165) is 4.57 Å². The Labute approximate surface area is 91.6 Å². The molecule has 0 unspecified atom stereocenters. The smallest absolute Gasteiger partial charge is 0.261 e. The van der Waals surface area contributed by atoms with Crippen molar-refractivity contribution in [3.05, 3.63) is 46.8 Å². The Morgan fingerprint density at radius 2 is 2.00 bits per heavy atom. The Bertz CT molecular complexity index is 549. The summed E-state index contributed by atoms with van der Waals surface area (Å²) in [6.45, 7) is 0. The van der Waals surface area contributed by atoms with Gasteiger partial charge in [-0.05, 0) is 12.1 Å². The van der Waals surface area contributed by atoms with E-state index in [1.165, 1.54) is 13.2 Å². The van der Waals surface area contributed by atoms with E-state index in [9.17, 15) is 9.90 Å². The van der Waals surface area contributed by atoms with Gasteiger partial charge in [-0.1, -0.05) is 18.2 Å². The number of hydrogen-bond donors (Lipinski definition) is 0. The number of nitrogens with zero attached hydrogens (tertiary/aromatic N) is 2. The molecular weight excluding hydrogens is 208 g/mol. The number of aromatic nitrogens is 2. The van der Waals surface area contributed by atoms with Crippen molar-refractivity contribution in [3.8, 4) is 17.6 Å². The van der Waals surface area contributed by atoms with E-state index in [4.69, 9.17) is 4.74 Å². The van der Waals surface area contributed by atoms with Crippen molar-refractivity contribution in [3.63, 3.8) is 0 Å². The molecule has 1 heterocycles. The van der Waals surface area contributed by atoms with Crippen LogP contribution in [0.2, 0.25) is 0 Å². The van der Waals surface area contributed by atoms with Crippen molar-refractivity contribution in [2.24, 2.45) is 0 Å². The monoisotopic (exact) mass is 217 g/mol. The highest BCUT2D eigenvalue weighted by molar-refractivity contribution is 5.34. The van der Waals surface area contributed by atoms with E-state index in [-0.39, 0.29) is 5.88 Å². The summed E-state index contributed by atoms with van der Waals surface area (Å²) >= 11 is 0. The molecule has 5 nitrogen and oxygen atoms in total. The van der Waals surface area contributed by atoms with Crippen molar-refractivity contribution in [2.45, 2.75) is 0 Å². The van der Waals surface area contributed by atoms with E-state index < -0.39 is 11.6 Å². The highest BCUT2D eigenvalue weighted by Gasteiger charge is 2.03. The van der Waals surface area contributed by atoms with Gasteiger partial charge in [-0.3, -0.25) is 9.36 Å². The average molecular weight is 217 g/mol. The Balaban J connectivity index is 2.63. The second kappa shape index (κ2) is 4.06. The normalized spacial score (nSPS) is 10.1. The molecule has 2 rings (SSSR count). The van der Waals surface area contributed by atoms with Crippen molar-refractivity contribution < 1.29 is 9.84 Å². The van der Waals surface area contributed by atoms with Crippen LogP contribution in [0, 0.1) is 0 Å². The number of rotatable bonds is 2. The van der Waals surface area contributed by atoms with Crippen LogP contribution in [0.3, 0.4) is 0 Å². The van der Waals surface area contributed by atoms with Gasteiger partial charge in [-0.2, -0.15) is 0 Å². The molecule has 0 spiro atoms. The SMILES string of the molecule is COc1cc(=O)n(-c2ccccc2)c([O-])n1. The van der Waals surface area contributed by atoms with Crippen molar-refractivity contribution in [2.75, 3.05) is 7.11 Å². The van der Waals surface area contributed by atoms with Gasteiger partial charge in [0.15, 0.2) is 0 Å². The quantitative estimate of drug-likeness (QED) is 0.726. The van der Waals surface area contributed by atoms with Gasteiger partial charge < -0.3 is 9.84 Å². The summed E-state index contributed by atoms with van der Waals surface area (Å²) in [4.78, 5) is 15.3. The molecule has 1 aromatic heterocycles. The van der Waals surface area contributed by atoms with Gasteiger partial charge in [-0.25, -0.2) is 4.98 Å². The third-order valence-electron chi connectivity index (χ3n) is 2.09. The van der Waals surface area contributed by atoms with Gasteiger partial charge in [0.25, 0.3) is 5.56 Å². The Morgan fingerprint density at radius 3 is 2.56 bits per heavy atom. The third kappa shape index (κ3) is 1.75. The topological polar surface area (TPSA) is 67.2 Å². The molecule has 82 valence electrons. The van der Waals surface area contributed by atoms with Crippen LogP contribution in [-0.4, -0.2) is 16.7 Å². The first-order valence-electron chi connectivity index (χ1n) is 4.63. The highest BCUT2D eigenvalue weighted by Crippen LogP contribution is 2.12. The minimum Gasteiger partial charge on any atom is -0.845 e. The van der Waals surface area contributed by atoms with Crippen molar-refractivity contribution in [1.29, 1.82) is 0 Å². The summed E-state index contributed by atoms with van der Waals surface area (Å²) in [5.41, 5.74) is 0.0377. The lowest BCUT2D eigenvalue weighted by Gasteiger charge is -2.15. The zero-order valence-corrected chi connectivity index (χ0v) is 8.58. The predicted octanol–water partition coefficient (Wildman–Crippen LogP) is 0.315. The zero-order chi connectivity index (χ0) is 11.5. The third-order valence-corrected chi connectivity index (χ3v) is 2.09. The van der Waals surface area contributed by atoms with Crippen LogP contribution >= 0.6 is 0 Å². The summed E-state index contributed by atoms with van der Waals surface area (Å²) in [6.07, 6.45) is 0. The van der Waals surface area contributed by atoms with Gasteiger partial charge >= 0.3 is 0 Å². The summed E-state index contributed by atoms with van der Waals surface area (Å²) in [5, 5.41) is 11.6. The molecule has 0 aliphatic heterocycles. The maximum atomic E-state index is 11.7. The molecule has 5 heteroatoms. The molecule has 0 bridgehead atoms. The van der Waals surface area contributed by atoms with Crippen LogP contribution in [0.15, 0.2) is 41.2 Å². The van der Waals surface area contributed by atoms with Crippen LogP contribution in [-0.2, 0) is 0 Å². The van der Waals surface area contributed by atoms with E-state index in [1.54, 1.807) is 30.3 Å². The van der Waals surface area contributed by atoms with E-state index in [0.29, 0.717) is 5.69 Å². The fraction of sp³-hybridized carbons (Fsp3) is 0.0909. The molecule has 0 atom stereocenters. The molecule has 0 N–H and O–H groups in total. The fourth-order valence-electron chi connectivity index (χ4n) is 1.36. The zero-order valence-electron chi connectivity index (χ0n) is 8.58. The molecule has 0 amide bonds. The molecule has 16 heavy (non-hydrogen) atoms. The lowest BCUT2D eigenvalue weighted by molar-refractivity contribution is -0.285. The Kier molecular flexibility index (Phi) is 2.59. The fourth-order valence-corrected chi connectivity index (χ4v) is 1.36. The van der Waals surface area contributed by atoms with Gasteiger partial charge in [0.05, 0.1) is 19.2 Å². The predicted molar refractivity (Wildman–Crippen MR) is 55.8 cm³/mol. The van der Waals surface area contributed by atoms with Gasteiger partial charge in [0.1, 0.15) is 0 Å². The largest absolute Gasteiger partial charge is 0.845 e. The standard InChI is InChI=1S/C11H10N2O3/c1-16-9-7-10(14)13(11(15)12-9)8-5-3-2-4-6-8/h2-7H,1H3,(H,12,15)/p-1. The lowest BCUT2D eigenvalue weighted by Crippen LogP contribution is -2.22. The van der Waals surface area contributed by atoms with Crippen LogP contribution in [0.25, 0.3) is 5.69 Å². The minimum atomic E-state index is -0.643. The Morgan fingerprint density at radius 1 is 1.31 bits per heavy atom. The van der Waals surface area contributed by atoms with E-state index >= 15 is 0 Å². The molecule has 0 fully saturated rings. The number of para-hydroxylation sites is 1. The number of benzene rings is 1. The van der Waals surface area contributed by atoms with Gasteiger partial charge in [0.2, 0.25) is 5.88 Å². The lowest BCUT2D eigenvalue weighted by atomic mass is 10.3. The van der Waals surface area contributed by atoms with E-state index in [2.05, 4.69) is 4.98 Å². The maximum absolute atomic E-state index is 11.7. The highest BCUT2D eigenvalue weighted by atomic mass is 16.5. The summed E-state index contributed by atoms with van der Waals surface area (Å²) in [6, 6.07) is 9.14. The van der Waals surface area contributed by atoms with Crippen LogP contribution in [0.1, 0.15) is 0 Å².